The largest absolute Gasteiger partial charge is 0.417 e. The standard InChI is InChI=1S/C21H22F3N5O2/c22-21(23,24)16-4-2-1-3-15(16)20(31)29-11-14(12-29)26-18-8-7-17(27-28-18)19(30)25-10-9-13-5-6-13/h1-4,7-8,13-14H,5-6,9-12H2,(H,25,30)(H,26,28). The lowest BCUT2D eigenvalue weighted by atomic mass is 10.0. The predicted molar refractivity (Wildman–Crippen MR) is 106 cm³/mol. The van der Waals surface area contributed by atoms with Crippen molar-refractivity contribution in [2.45, 2.75) is 31.5 Å². The zero-order chi connectivity index (χ0) is 22.0. The number of carbonyl (C=O) groups is 2. The Kier molecular flexibility index (Phi) is 5.79. The number of alkyl halides is 3. The Hall–Kier alpha value is -3.17. The van der Waals surface area contributed by atoms with Crippen LogP contribution in [0.3, 0.4) is 0 Å². The van der Waals surface area contributed by atoms with Gasteiger partial charge >= 0.3 is 6.18 Å². The summed E-state index contributed by atoms with van der Waals surface area (Å²) in [4.78, 5) is 25.9. The van der Waals surface area contributed by atoms with E-state index in [1.807, 2.05) is 0 Å². The topological polar surface area (TPSA) is 87.2 Å². The number of amides is 2. The third kappa shape index (κ3) is 5.12. The van der Waals surface area contributed by atoms with Crippen molar-refractivity contribution in [2.24, 2.45) is 5.92 Å². The summed E-state index contributed by atoms with van der Waals surface area (Å²) in [6.45, 7) is 1.11. The molecule has 0 atom stereocenters. The maximum atomic E-state index is 13.1. The Labute approximate surface area is 177 Å². The number of anilines is 1. The molecule has 31 heavy (non-hydrogen) atoms. The van der Waals surface area contributed by atoms with Crippen LogP contribution in [0.2, 0.25) is 0 Å². The Morgan fingerprint density at radius 1 is 1.06 bits per heavy atom. The Bertz CT molecular complexity index is 954. The van der Waals surface area contributed by atoms with E-state index < -0.39 is 17.6 Å². The molecule has 1 saturated heterocycles. The van der Waals surface area contributed by atoms with E-state index in [1.165, 1.54) is 35.9 Å². The third-order valence-corrected chi connectivity index (χ3v) is 5.42. The van der Waals surface area contributed by atoms with Crippen LogP contribution in [-0.2, 0) is 6.18 Å². The molecule has 1 saturated carbocycles. The fraction of sp³-hybridized carbons (Fsp3) is 0.429. The minimum Gasteiger partial charge on any atom is -0.362 e. The van der Waals surface area contributed by atoms with Gasteiger partial charge in [-0.3, -0.25) is 9.59 Å². The van der Waals surface area contributed by atoms with Gasteiger partial charge in [0.25, 0.3) is 11.8 Å². The molecule has 0 spiro atoms. The summed E-state index contributed by atoms with van der Waals surface area (Å²) in [6, 6.07) is 7.78. The molecular formula is C21H22F3N5O2. The summed E-state index contributed by atoms with van der Waals surface area (Å²) in [5.41, 5.74) is -1.07. The first kappa shape index (κ1) is 21.1. The number of hydrogen-bond acceptors (Lipinski definition) is 5. The number of benzene rings is 1. The minimum atomic E-state index is -4.59. The number of halogens is 3. The zero-order valence-electron chi connectivity index (χ0n) is 16.7. The minimum absolute atomic E-state index is 0.158. The molecule has 2 amide bonds. The van der Waals surface area contributed by atoms with E-state index in [4.69, 9.17) is 0 Å². The van der Waals surface area contributed by atoms with E-state index in [9.17, 15) is 22.8 Å². The van der Waals surface area contributed by atoms with Gasteiger partial charge < -0.3 is 15.5 Å². The van der Waals surface area contributed by atoms with Crippen LogP contribution < -0.4 is 10.6 Å². The molecule has 7 nitrogen and oxygen atoms in total. The highest BCUT2D eigenvalue weighted by Gasteiger charge is 2.38. The second kappa shape index (κ2) is 8.52. The van der Waals surface area contributed by atoms with Crippen LogP contribution in [-0.4, -0.2) is 52.6 Å². The number of hydrogen-bond donors (Lipinski definition) is 2. The second-order valence-electron chi connectivity index (χ2n) is 7.89. The SMILES string of the molecule is O=C(NCCC1CC1)c1ccc(NC2CN(C(=O)c3ccccc3C(F)(F)F)C2)nn1. The van der Waals surface area contributed by atoms with Gasteiger partial charge in [-0.25, -0.2) is 0 Å². The highest BCUT2D eigenvalue weighted by Crippen LogP contribution is 2.33. The second-order valence-corrected chi connectivity index (χ2v) is 7.89. The van der Waals surface area contributed by atoms with Gasteiger partial charge in [-0.05, 0) is 36.6 Å². The van der Waals surface area contributed by atoms with Crippen molar-refractivity contribution in [1.29, 1.82) is 0 Å². The molecule has 1 aliphatic heterocycles. The molecule has 1 aliphatic carbocycles. The van der Waals surface area contributed by atoms with Gasteiger partial charge in [0.2, 0.25) is 0 Å². The molecule has 4 rings (SSSR count). The number of aromatic nitrogens is 2. The lowest BCUT2D eigenvalue weighted by Crippen LogP contribution is -2.57. The first-order valence-electron chi connectivity index (χ1n) is 10.1. The highest BCUT2D eigenvalue weighted by atomic mass is 19.4. The van der Waals surface area contributed by atoms with Crippen LogP contribution in [0.5, 0.6) is 0 Å². The summed E-state index contributed by atoms with van der Waals surface area (Å²) in [5.74, 6) is 0.231. The molecule has 10 heteroatoms. The van der Waals surface area contributed by atoms with Crippen molar-refractivity contribution in [1.82, 2.24) is 20.4 Å². The maximum absolute atomic E-state index is 13.1. The lowest BCUT2D eigenvalue weighted by molar-refractivity contribution is -0.138. The first-order valence-corrected chi connectivity index (χ1v) is 10.1. The van der Waals surface area contributed by atoms with Crippen molar-refractivity contribution in [3.63, 3.8) is 0 Å². The van der Waals surface area contributed by atoms with Gasteiger partial charge in [0, 0.05) is 19.6 Å². The monoisotopic (exact) mass is 433 g/mol. The molecular weight excluding hydrogens is 411 g/mol. The summed E-state index contributed by atoms with van der Waals surface area (Å²) in [7, 11) is 0. The van der Waals surface area contributed by atoms with Gasteiger partial charge in [0.05, 0.1) is 17.2 Å². The average Bonchev–Trinajstić information content (AvgIpc) is 3.54. The molecule has 1 aromatic heterocycles. The van der Waals surface area contributed by atoms with Crippen molar-refractivity contribution >= 4 is 17.6 Å². The van der Waals surface area contributed by atoms with Gasteiger partial charge in [-0.15, -0.1) is 10.2 Å². The smallest absolute Gasteiger partial charge is 0.362 e. The van der Waals surface area contributed by atoms with E-state index >= 15 is 0 Å². The number of likely N-dealkylation sites (tertiary alicyclic amines) is 1. The summed E-state index contributed by atoms with van der Waals surface area (Å²) >= 11 is 0. The normalized spacial score (nSPS) is 16.5. The Morgan fingerprint density at radius 3 is 2.45 bits per heavy atom. The first-order chi connectivity index (χ1) is 14.8. The van der Waals surface area contributed by atoms with Crippen LogP contribution in [0, 0.1) is 5.92 Å². The molecule has 0 radical (unpaired) electrons. The van der Waals surface area contributed by atoms with Crippen molar-refractivity contribution in [3.05, 3.63) is 53.2 Å². The molecule has 2 fully saturated rings. The van der Waals surface area contributed by atoms with Crippen molar-refractivity contribution in [3.8, 4) is 0 Å². The zero-order valence-corrected chi connectivity index (χ0v) is 16.7. The van der Waals surface area contributed by atoms with Gasteiger partial charge in [0.1, 0.15) is 5.82 Å². The molecule has 0 unspecified atom stereocenters. The maximum Gasteiger partial charge on any atom is 0.417 e. The van der Waals surface area contributed by atoms with Gasteiger partial charge in [-0.2, -0.15) is 13.2 Å². The quantitative estimate of drug-likeness (QED) is 0.701. The molecule has 2 N–H and O–H groups in total. The fourth-order valence-electron chi connectivity index (χ4n) is 3.45. The Balaban J connectivity index is 1.27. The van der Waals surface area contributed by atoms with Crippen LogP contribution in [0.4, 0.5) is 19.0 Å². The molecule has 2 heterocycles. The number of rotatable bonds is 7. The van der Waals surface area contributed by atoms with Gasteiger partial charge in [0.15, 0.2) is 5.69 Å². The summed E-state index contributed by atoms with van der Waals surface area (Å²) in [5, 5.41) is 13.8. The summed E-state index contributed by atoms with van der Waals surface area (Å²) in [6.07, 6.45) is -1.15. The van der Waals surface area contributed by atoms with E-state index in [-0.39, 0.29) is 36.3 Å². The van der Waals surface area contributed by atoms with Crippen LogP contribution in [0.25, 0.3) is 0 Å². The number of nitrogens with zero attached hydrogens (tertiary/aromatic N) is 3. The molecule has 164 valence electrons. The van der Waals surface area contributed by atoms with Crippen LogP contribution >= 0.6 is 0 Å². The number of nitrogens with one attached hydrogen (secondary N) is 2. The average molecular weight is 433 g/mol. The van der Waals surface area contributed by atoms with E-state index in [2.05, 4.69) is 20.8 Å². The Morgan fingerprint density at radius 2 is 1.81 bits per heavy atom. The fourth-order valence-corrected chi connectivity index (χ4v) is 3.45. The lowest BCUT2D eigenvalue weighted by Gasteiger charge is -2.40. The number of carbonyl (C=O) groups excluding carboxylic acids is 2. The third-order valence-electron chi connectivity index (χ3n) is 5.42. The van der Waals surface area contributed by atoms with Gasteiger partial charge in [-0.1, -0.05) is 25.0 Å². The van der Waals surface area contributed by atoms with E-state index in [1.54, 1.807) is 12.1 Å². The molecule has 2 aliphatic rings. The van der Waals surface area contributed by atoms with Crippen LogP contribution in [0.15, 0.2) is 36.4 Å². The van der Waals surface area contributed by atoms with Crippen LogP contribution in [0.1, 0.15) is 45.7 Å². The van der Waals surface area contributed by atoms with E-state index in [0.29, 0.717) is 12.4 Å². The molecule has 1 aromatic carbocycles. The van der Waals surface area contributed by atoms with Crippen molar-refractivity contribution in [2.75, 3.05) is 25.0 Å². The van der Waals surface area contributed by atoms with Crippen molar-refractivity contribution < 1.29 is 22.8 Å². The molecule has 2 aromatic rings. The summed E-state index contributed by atoms with van der Waals surface area (Å²) < 4.78 is 39.4. The molecule has 0 bridgehead atoms. The highest BCUT2D eigenvalue weighted by molar-refractivity contribution is 5.96. The predicted octanol–water partition coefficient (Wildman–Crippen LogP) is 2.96. The van der Waals surface area contributed by atoms with E-state index in [0.717, 1.165) is 18.4 Å².